The second-order valence-corrected chi connectivity index (χ2v) is 15.7. The van der Waals surface area contributed by atoms with Gasteiger partial charge in [0.1, 0.15) is 24.7 Å². The van der Waals surface area contributed by atoms with Crippen LogP contribution in [-0.4, -0.2) is 37.7 Å². The summed E-state index contributed by atoms with van der Waals surface area (Å²) < 4.78 is 74.0. The van der Waals surface area contributed by atoms with E-state index in [9.17, 15) is 37.1 Å². The number of hydrogen-bond donors (Lipinski definition) is 3. The topological polar surface area (TPSA) is 124 Å². The molecule has 1 aliphatic carbocycles. The van der Waals surface area contributed by atoms with Crippen LogP contribution >= 0.6 is 23.2 Å². The Labute approximate surface area is 369 Å². The van der Waals surface area contributed by atoms with E-state index in [1.54, 1.807) is 89.7 Å². The summed E-state index contributed by atoms with van der Waals surface area (Å²) in [6, 6.07) is 23.9. The number of halogens is 6. The largest absolute Gasteiger partial charge is 0.488 e. The van der Waals surface area contributed by atoms with Crippen LogP contribution in [0.4, 0.5) is 17.6 Å². The molecule has 1 aliphatic rings. The predicted octanol–water partition coefficient (Wildman–Crippen LogP) is 10.0. The zero-order valence-electron chi connectivity index (χ0n) is 34.0. The maximum Gasteiger partial charge on any atom is 0.336 e. The van der Waals surface area contributed by atoms with E-state index in [1.807, 2.05) is 0 Å². The van der Waals surface area contributed by atoms with Crippen molar-refractivity contribution in [3.8, 4) is 34.0 Å². The quantitative estimate of drug-likeness (QED) is 0.0603. The molecule has 63 heavy (non-hydrogen) atoms. The smallest absolute Gasteiger partial charge is 0.336 e. The molecule has 0 fully saturated rings. The van der Waals surface area contributed by atoms with Gasteiger partial charge in [-0.2, -0.15) is 0 Å². The Morgan fingerprint density at radius 2 is 1.10 bits per heavy atom. The van der Waals surface area contributed by atoms with E-state index in [0.717, 1.165) is 12.1 Å². The van der Waals surface area contributed by atoms with Crippen LogP contribution in [0.25, 0.3) is 22.5 Å². The molecule has 324 valence electrons. The number of amides is 2. The number of nitrogens with zero attached hydrogens (tertiary/aromatic N) is 2. The zero-order chi connectivity index (χ0) is 45.4. The Morgan fingerprint density at radius 3 is 1.51 bits per heavy atom. The lowest BCUT2D eigenvalue weighted by Crippen LogP contribution is -2.63. The van der Waals surface area contributed by atoms with Crippen LogP contribution in [0, 0.1) is 37.1 Å². The van der Waals surface area contributed by atoms with E-state index < -0.39 is 58.0 Å². The van der Waals surface area contributed by atoms with Gasteiger partial charge >= 0.3 is 5.97 Å². The molecule has 2 amide bonds. The van der Waals surface area contributed by atoms with Gasteiger partial charge < -0.3 is 34.3 Å². The third kappa shape index (κ3) is 8.56. The maximum atomic E-state index is 14.8. The van der Waals surface area contributed by atoms with Crippen LogP contribution in [0.15, 0.2) is 121 Å². The van der Waals surface area contributed by atoms with Gasteiger partial charge in [0.15, 0.2) is 34.6 Å². The van der Waals surface area contributed by atoms with Gasteiger partial charge in [-0.25, -0.2) is 22.4 Å². The minimum absolute atomic E-state index is 0.0530. The van der Waals surface area contributed by atoms with Crippen LogP contribution in [0.3, 0.4) is 0 Å². The molecule has 0 atom stereocenters. The standard InChI is InChI=1S/C47H38Cl2F4N4O6/c1-26-11-15-39(34-21-32(48)13-17-41(34)62-24-30-7-5-9-37(50)43(30)52)56(26)46(19-20-47(54-28(3)58,55-29(4)59)36(23-46)45(60)61)57-27(2)12-16-40(57)35-22-33(49)14-18-42(35)63-25-31-8-6-10-38(51)44(31)53/h5-23H,24-25H2,1-4H3,(H,54,58)(H,55,59)(H,60,61). The molecule has 0 aliphatic heterocycles. The number of rotatable bonds is 13. The summed E-state index contributed by atoms with van der Waals surface area (Å²) in [6.45, 7) is 5.13. The third-order valence-electron chi connectivity index (χ3n) is 10.5. The van der Waals surface area contributed by atoms with Gasteiger partial charge in [-0.1, -0.05) is 47.5 Å². The van der Waals surface area contributed by atoms with Gasteiger partial charge in [-0.05, 0) is 105 Å². The second kappa shape index (κ2) is 17.5. The number of nitrogens with one attached hydrogen (secondary N) is 2. The molecular weight excluding hydrogens is 863 g/mol. The predicted molar refractivity (Wildman–Crippen MR) is 229 cm³/mol. The molecule has 0 radical (unpaired) electrons. The highest BCUT2D eigenvalue weighted by atomic mass is 35.5. The van der Waals surface area contributed by atoms with Crippen LogP contribution in [0.5, 0.6) is 11.5 Å². The van der Waals surface area contributed by atoms with Crippen molar-refractivity contribution < 1.29 is 46.5 Å². The van der Waals surface area contributed by atoms with E-state index >= 15 is 0 Å². The molecule has 2 heterocycles. The average Bonchev–Trinajstić information content (AvgIpc) is 3.82. The molecule has 0 unspecified atom stereocenters. The highest BCUT2D eigenvalue weighted by Crippen LogP contribution is 2.46. The molecule has 16 heteroatoms. The minimum Gasteiger partial charge on any atom is -0.488 e. The Morgan fingerprint density at radius 1 is 0.651 bits per heavy atom. The first kappa shape index (κ1) is 44.3. The van der Waals surface area contributed by atoms with Crippen molar-refractivity contribution in [2.24, 2.45) is 0 Å². The Bertz CT molecular complexity index is 2700. The molecule has 0 bridgehead atoms. The van der Waals surface area contributed by atoms with Crippen molar-refractivity contribution in [2.75, 3.05) is 0 Å². The van der Waals surface area contributed by atoms with Crippen molar-refractivity contribution in [1.29, 1.82) is 0 Å². The number of hydrogen-bond acceptors (Lipinski definition) is 5. The van der Waals surface area contributed by atoms with E-state index in [1.165, 1.54) is 50.3 Å². The number of carboxylic acid groups (broad SMARTS) is 1. The number of ether oxygens (including phenoxy) is 2. The van der Waals surface area contributed by atoms with Gasteiger partial charge in [-0.3, -0.25) is 9.59 Å². The summed E-state index contributed by atoms with van der Waals surface area (Å²) in [7, 11) is 0. The van der Waals surface area contributed by atoms with Crippen LogP contribution in [0.2, 0.25) is 10.0 Å². The fourth-order valence-electron chi connectivity index (χ4n) is 7.86. The van der Waals surface area contributed by atoms with E-state index in [0.29, 0.717) is 33.9 Å². The minimum atomic E-state index is -2.05. The van der Waals surface area contributed by atoms with Crippen LogP contribution < -0.4 is 20.1 Å². The lowest BCUT2D eigenvalue weighted by molar-refractivity contribution is -0.134. The van der Waals surface area contributed by atoms with E-state index in [2.05, 4.69) is 10.6 Å². The number of allylic oxidation sites excluding steroid dienone is 2. The monoisotopic (exact) mass is 900 g/mol. The van der Waals surface area contributed by atoms with Crippen LogP contribution in [0.1, 0.15) is 36.4 Å². The van der Waals surface area contributed by atoms with Gasteiger partial charge in [0.05, 0.1) is 17.0 Å². The molecule has 0 saturated heterocycles. The number of benzene rings is 4. The molecule has 0 saturated carbocycles. The molecule has 3 N–H and O–H groups in total. The number of carboxylic acids is 1. The lowest BCUT2D eigenvalue weighted by atomic mass is 9.86. The summed E-state index contributed by atoms with van der Waals surface area (Å²) in [5.74, 6) is -6.67. The molecule has 0 spiro atoms. The van der Waals surface area contributed by atoms with Gasteiger partial charge in [0, 0.05) is 57.5 Å². The van der Waals surface area contributed by atoms with Gasteiger partial charge in [0.2, 0.25) is 11.8 Å². The summed E-state index contributed by atoms with van der Waals surface area (Å²) in [4.78, 5) is 39.1. The highest BCUT2D eigenvalue weighted by Gasteiger charge is 2.48. The van der Waals surface area contributed by atoms with Gasteiger partial charge in [-0.15, -0.1) is 0 Å². The first-order valence-electron chi connectivity index (χ1n) is 19.3. The first-order valence-corrected chi connectivity index (χ1v) is 20.0. The summed E-state index contributed by atoms with van der Waals surface area (Å²) in [5.41, 5.74) is -1.75. The van der Waals surface area contributed by atoms with Crippen molar-refractivity contribution in [2.45, 2.75) is 52.2 Å². The number of aromatic nitrogens is 2. The first-order chi connectivity index (χ1) is 29.9. The normalized spacial score (nSPS) is 13.9. The summed E-state index contributed by atoms with van der Waals surface area (Å²) in [5, 5.41) is 16.8. The summed E-state index contributed by atoms with van der Waals surface area (Å²) >= 11 is 13.3. The van der Waals surface area contributed by atoms with Gasteiger partial charge in [0.25, 0.3) is 0 Å². The Hall–Kier alpha value is -6.77. The maximum absolute atomic E-state index is 14.8. The summed E-state index contributed by atoms with van der Waals surface area (Å²) in [6.07, 6.45) is 4.36. The van der Waals surface area contributed by atoms with Crippen molar-refractivity contribution in [3.63, 3.8) is 0 Å². The van der Waals surface area contributed by atoms with Crippen molar-refractivity contribution in [3.05, 3.63) is 177 Å². The molecule has 10 nitrogen and oxygen atoms in total. The fraction of sp³-hybridized carbons (Fsp3) is 0.170. The molecule has 6 aromatic rings. The number of carbonyl (C=O) groups is 3. The van der Waals surface area contributed by atoms with Crippen molar-refractivity contribution >= 4 is 41.0 Å². The number of carbonyl (C=O) groups excluding carboxylic acids is 2. The SMILES string of the molecule is CC(=O)NC1(NC(C)=O)C=CC(n2c(C)ccc2-c2cc(Cl)ccc2OCc2cccc(F)c2F)(n2c(C)ccc2-c2cc(Cl)ccc2OCc2cccc(F)c2F)C=C1C(=O)O. The van der Waals surface area contributed by atoms with E-state index in [-0.39, 0.29) is 45.9 Å². The Balaban J connectivity index is 1.50. The average molecular weight is 902 g/mol. The van der Waals surface area contributed by atoms with E-state index in [4.69, 9.17) is 32.7 Å². The molecule has 7 rings (SSSR count). The number of aliphatic carboxylic acids is 1. The highest BCUT2D eigenvalue weighted by molar-refractivity contribution is 6.31. The second-order valence-electron chi connectivity index (χ2n) is 14.8. The third-order valence-corrected chi connectivity index (χ3v) is 10.9. The molecule has 2 aromatic heterocycles. The fourth-order valence-corrected chi connectivity index (χ4v) is 8.21. The van der Waals surface area contributed by atoms with Crippen molar-refractivity contribution in [1.82, 2.24) is 19.8 Å². The Kier molecular flexibility index (Phi) is 12.3. The number of aryl methyl sites for hydroxylation is 2. The molecular formula is C47H38Cl2F4N4O6. The van der Waals surface area contributed by atoms with Crippen LogP contribution in [-0.2, 0) is 33.3 Å². The lowest BCUT2D eigenvalue weighted by Gasteiger charge is -2.44. The zero-order valence-corrected chi connectivity index (χ0v) is 35.5. The molecule has 4 aromatic carbocycles.